The van der Waals surface area contributed by atoms with Crippen LogP contribution in [0.5, 0.6) is 0 Å². The number of ketones is 1. The van der Waals surface area contributed by atoms with E-state index in [0.717, 1.165) is 37.8 Å². The van der Waals surface area contributed by atoms with E-state index in [2.05, 4.69) is 47.9 Å². The number of benzene rings is 2. The smallest absolute Gasteiger partial charge is 0.175 e. The highest BCUT2D eigenvalue weighted by molar-refractivity contribution is 7.90. The molecule has 6 heteroatoms. The van der Waals surface area contributed by atoms with Gasteiger partial charge in [0.25, 0.3) is 0 Å². The summed E-state index contributed by atoms with van der Waals surface area (Å²) in [4.78, 5) is 14.7. The summed E-state index contributed by atoms with van der Waals surface area (Å²) in [5.41, 5.74) is 5.70. The molecule has 0 spiro atoms. The summed E-state index contributed by atoms with van der Waals surface area (Å²) < 4.78 is 23.8. The van der Waals surface area contributed by atoms with Gasteiger partial charge in [-0.15, -0.1) is 0 Å². The predicted molar refractivity (Wildman–Crippen MR) is 162 cm³/mol. The van der Waals surface area contributed by atoms with Crippen LogP contribution in [-0.2, 0) is 14.6 Å². The molecule has 5 atom stereocenters. The molecule has 0 unspecified atom stereocenters. The molecule has 4 aliphatic rings. The first kappa shape index (κ1) is 28.0. The summed E-state index contributed by atoms with van der Waals surface area (Å²) in [6.07, 6.45) is 8.75. The van der Waals surface area contributed by atoms with Gasteiger partial charge in [-0.05, 0) is 110 Å². The Morgan fingerprint density at radius 2 is 1.68 bits per heavy atom. The van der Waals surface area contributed by atoms with E-state index in [1.807, 2.05) is 20.2 Å². The summed E-state index contributed by atoms with van der Waals surface area (Å²) >= 11 is 0. The second kappa shape index (κ2) is 10.00. The van der Waals surface area contributed by atoms with Crippen molar-refractivity contribution in [3.05, 3.63) is 82.5 Å². The Balaban J connectivity index is 1.42. The zero-order valence-electron chi connectivity index (χ0n) is 24.4. The van der Waals surface area contributed by atoms with E-state index < -0.39 is 20.9 Å². The van der Waals surface area contributed by atoms with Crippen LogP contribution in [0.25, 0.3) is 0 Å². The quantitative estimate of drug-likeness (QED) is 0.470. The van der Waals surface area contributed by atoms with E-state index in [1.165, 1.54) is 28.5 Å². The Hall–Kier alpha value is -3.14. The molecule has 214 valence electrons. The summed E-state index contributed by atoms with van der Waals surface area (Å²) in [7, 11) is 0.815. The predicted octanol–water partition coefficient (Wildman–Crippen LogP) is 5.84. The van der Waals surface area contributed by atoms with Gasteiger partial charge in [0.1, 0.15) is 5.60 Å². The molecular weight excluding hydrogens is 530 g/mol. The fraction of sp³-hybridized carbons (Fsp3) is 0.457. The first-order valence-electron chi connectivity index (χ1n) is 14.7. The third kappa shape index (κ3) is 4.77. The van der Waals surface area contributed by atoms with Gasteiger partial charge in [-0.1, -0.05) is 36.5 Å². The zero-order chi connectivity index (χ0) is 29.2. The number of sulfone groups is 1. The fourth-order valence-electron chi connectivity index (χ4n) is 8.14. The largest absolute Gasteiger partial charge is 0.378 e. The van der Waals surface area contributed by atoms with Crippen molar-refractivity contribution in [3.63, 3.8) is 0 Å². The fourth-order valence-corrected chi connectivity index (χ4v) is 8.77. The van der Waals surface area contributed by atoms with E-state index >= 15 is 0 Å². The zero-order valence-corrected chi connectivity index (χ0v) is 25.2. The Labute approximate surface area is 244 Å². The molecule has 2 aromatic carbocycles. The third-order valence-electron chi connectivity index (χ3n) is 10.4. The van der Waals surface area contributed by atoms with Crippen molar-refractivity contribution in [2.24, 2.45) is 17.3 Å². The van der Waals surface area contributed by atoms with Crippen LogP contribution >= 0.6 is 0 Å². The van der Waals surface area contributed by atoms with Crippen LogP contribution in [0.2, 0.25) is 0 Å². The maximum absolute atomic E-state index is 12.3. The molecule has 4 aliphatic carbocycles. The van der Waals surface area contributed by atoms with E-state index in [4.69, 9.17) is 0 Å². The Kier molecular flexibility index (Phi) is 6.83. The van der Waals surface area contributed by atoms with Crippen LogP contribution in [0, 0.1) is 29.1 Å². The van der Waals surface area contributed by atoms with Crippen LogP contribution in [0.4, 0.5) is 5.69 Å². The molecular formula is C35H39NO4S. The van der Waals surface area contributed by atoms with E-state index in [9.17, 15) is 18.3 Å². The second-order valence-electron chi connectivity index (χ2n) is 12.9. The van der Waals surface area contributed by atoms with Gasteiger partial charge in [0.2, 0.25) is 0 Å². The van der Waals surface area contributed by atoms with Gasteiger partial charge >= 0.3 is 0 Å². The molecule has 2 aromatic rings. The van der Waals surface area contributed by atoms with Crippen molar-refractivity contribution >= 4 is 21.3 Å². The average Bonchev–Trinajstić information content (AvgIpc) is 3.21. The molecule has 0 bridgehead atoms. The molecule has 2 fully saturated rings. The van der Waals surface area contributed by atoms with Crippen LogP contribution in [0.3, 0.4) is 0 Å². The lowest BCUT2D eigenvalue weighted by Gasteiger charge is -2.53. The van der Waals surface area contributed by atoms with Crippen LogP contribution < -0.4 is 4.90 Å². The monoisotopic (exact) mass is 569 g/mol. The van der Waals surface area contributed by atoms with Crippen molar-refractivity contribution < 1.29 is 18.3 Å². The van der Waals surface area contributed by atoms with Gasteiger partial charge in [0.05, 0.1) is 4.90 Å². The minimum atomic E-state index is -3.28. The number of anilines is 1. The molecule has 5 nitrogen and oxygen atoms in total. The number of hydrogen-bond donors (Lipinski definition) is 1. The second-order valence-corrected chi connectivity index (χ2v) is 14.9. The van der Waals surface area contributed by atoms with Crippen molar-refractivity contribution in [1.29, 1.82) is 0 Å². The topological polar surface area (TPSA) is 74.7 Å². The Bertz CT molecular complexity index is 1620. The molecule has 0 heterocycles. The van der Waals surface area contributed by atoms with Crippen molar-refractivity contribution in [2.75, 3.05) is 25.3 Å². The number of fused-ring (bicyclic) bond motifs is 4. The van der Waals surface area contributed by atoms with Gasteiger partial charge in [-0.25, -0.2) is 8.42 Å². The lowest BCUT2D eigenvalue weighted by atomic mass is 9.51. The first-order chi connectivity index (χ1) is 19.4. The molecule has 0 aliphatic heterocycles. The normalized spacial score (nSPS) is 30.9. The average molecular weight is 570 g/mol. The minimum Gasteiger partial charge on any atom is -0.378 e. The number of rotatable bonds is 3. The van der Waals surface area contributed by atoms with Crippen LogP contribution in [0.15, 0.2) is 76.2 Å². The number of allylic oxidation sites excluding steroid dienone is 4. The van der Waals surface area contributed by atoms with Crippen molar-refractivity contribution in [2.45, 2.75) is 68.3 Å². The van der Waals surface area contributed by atoms with Gasteiger partial charge < -0.3 is 10.0 Å². The Morgan fingerprint density at radius 1 is 0.976 bits per heavy atom. The van der Waals surface area contributed by atoms with Crippen LogP contribution in [-0.4, -0.2) is 45.3 Å². The van der Waals surface area contributed by atoms with Crippen molar-refractivity contribution in [1.82, 2.24) is 0 Å². The van der Waals surface area contributed by atoms with E-state index in [-0.39, 0.29) is 16.6 Å². The molecule has 2 saturated carbocycles. The highest BCUT2D eigenvalue weighted by Gasteiger charge is 2.62. The van der Waals surface area contributed by atoms with Crippen LogP contribution in [0.1, 0.15) is 68.9 Å². The summed E-state index contributed by atoms with van der Waals surface area (Å²) in [6.45, 7) is 2.24. The van der Waals surface area contributed by atoms with Gasteiger partial charge in [0.15, 0.2) is 15.6 Å². The molecule has 0 radical (unpaired) electrons. The molecule has 0 amide bonds. The minimum absolute atomic E-state index is 0.157. The lowest BCUT2D eigenvalue weighted by molar-refractivity contribution is -0.114. The van der Waals surface area contributed by atoms with Gasteiger partial charge in [-0.3, -0.25) is 4.79 Å². The molecule has 6 rings (SSSR count). The highest BCUT2D eigenvalue weighted by Crippen LogP contribution is 2.66. The molecule has 1 N–H and O–H groups in total. The summed E-state index contributed by atoms with van der Waals surface area (Å²) in [6, 6.07) is 15.4. The summed E-state index contributed by atoms with van der Waals surface area (Å²) in [5, 5.41) is 12.3. The van der Waals surface area contributed by atoms with E-state index in [1.54, 1.807) is 24.3 Å². The number of nitrogens with zero attached hydrogens (tertiary/aromatic N) is 1. The molecule has 41 heavy (non-hydrogen) atoms. The lowest BCUT2D eigenvalue weighted by Crippen LogP contribution is -2.51. The number of aliphatic hydroxyl groups is 1. The molecule has 0 saturated heterocycles. The first-order valence-corrected chi connectivity index (χ1v) is 16.6. The number of carbonyl (C=O) groups is 1. The maximum atomic E-state index is 12.3. The standard InChI is InChI=1S/C35H39NO4S/c1-34-22-31(24-7-10-26(11-8-24)36(2)3)33-29-16-12-27(37)21-25(29)9-15-30(33)32(34)18-20-35(34,38)19-17-23-5-13-28(14-6-23)41(4,39)40/h5-8,10-11,13-14,21,30-32,38H,9,12,15-16,18,20,22H2,1-4H3/t30-,31+,32-,34-,35-/m0/s1. The highest BCUT2D eigenvalue weighted by atomic mass is 32.2. The Morgan fingerprint density at radius 3 is 2.34 bits per heavy atom. The number of hydrogen-bond acceptors (Lipinski definition) is 5. The SMILES string of the molecule is CN(C)c1ccc([C@H]2C[C@@]3(C)[C@@H](CC[C@@]3(O)C#Cc3ccc(S(C)(=O)=O)cc3)[C@@H]3CCC4=CC(=O)CCC4=C32)cc1. The third-order valence-corrected chi connectivity index (χ3v) is 11.5. The van der Waals surface area contributed by atoms with Gasteiger partial charge in [-0.2, -0.15) is 0 Å². The maximum Gasteiger partial charge on any atom is 0.175 e. The summed E-state index contributed by atoms with van der Waals surface area (Å²) in [5.74, 6) is 7.58. The molecule has 0 aromatic heterocycles. The number of carbonyl (C=O) groups excluding carboxylic acids is 1. The van der Waals surface area contributed by atoms with Gasteiger partial charge in [0, 0.05) is 49.4 Å². The van der Waals surface area contributed by atoms with Crippen molar-refractivity contribution in [3.8, 4) is 11.8 Å². The van der Waals surface area contributed by atoms with E-state index in [0.29, 0.717) is 30.2 Å².